The number of rotatable bonds is 4. The molecule has 1 amide bonds. The van der Waals surface area contributed by atoms with E-state index in [4.69, 9.17) is 4.98 Å². The fourth-order valence-electron chi connectivity index (χ4n) is 4.99. The summed E-state index contributed by atoms with van der Waals surface area (Å²) in [6.45, 7) is 6.65. The van der Waals surface area contributed by atoms with Crippen LogP contribution in [0.3, 0.4) is 0 Å². The zero-order valence-electron chi connectivity index (χ0n) is 17.4. The average Bonchev–Trinajstić information content (AvgIpc) is 3.23. The monoisotopic (exact) mass is 405 g/mol. The maximum Gasteiger partial charge on any atom is 0.407 e. The standard InChI is InChI=1S/C23H27N5O2/c1-15(2)16-4-6-17(7-5-16)21-20(27-11-3-10-24-22(27)25-21)14-26-12-18-8-9-19(13-26)28(18)23(29)30/h3-7,10-11,15,18-19H,8-9,12-14H2,1-2H3,(H,29,30). The molecule has 1 N–H and O–H groups in total. The van der Waals surface area contributed by atoms with E-state index in [0.717, 1.165) is 49.4 Å². The molecule has 2 unspecified atom stereocenters. The Morgan fingerprint density at radius 2 is 1.87 bits per heavy atom. The normalized spacial score (nSPS) is 21.6. The van der Waals surface area contributed by atoms with E-state index in [2.05, 4.69) is 52.4 Å². The predicted octanol–water partition coefficient (Wildman–Crippen LogP) is 3.85. The number of hydrogen-bond donors (Lipinski definition) is 1. The Bertz CT molecular complexity index is 1060. The van der Waals surface area contributed by atoms with Gasteiger partial charge in [0.05, 0.1) is 11.4 Å². The number of amides is 1. The number of imidazole rings is 1. The quantitative estimate of drug-likeness (QED) is 0.714. The Hall–Kier alpha value is -2.93. The number of piperazine rings is 1. The van der Waals surface area contributed by atoms with Crippen molar-refractivity contribution in [3.63, 3.8) is 0 Å². The molecule has 2 atom stereocenters. The Morgan fingerprint density at radius 1 is 1.17 bits per heavy atom. The first-order chi connectivity index (χ1) is 14.5. The lowest BCUT2D eigenvalue weighted by Gasteiger charge is -2.39. The Balaban J connectivity index is 1.48. The van der Waals surface area contributed by atoms with Crippen LogP contribution in [0.5, 0.6) is 0 Å². The predicted molar refractivity (Wildman–Crippen MR) is 114 cm³/mol. The van der Waals surface area contributed by atoms with Gasteiger partial charge < -0.3 is 5.11 Å². The SMILES string of the molecule is CC(C)c1ccc(-c2nc3ncccn3c2CN2CC3CCC(C2)N3C(=O)O)cc1. The topological polar surface area (TPSA) is 74.0 Å². The van der Waals surface area contributed by atoms with Crippen LogP contribution in [-0.4, -0.2) is 60.5 Å². The molecule has 5 rings (SSSR count). The van der Waals surface area contributed by atoms with Gasteiger partial charge in [0, 0.05) is 49.7 Å². The summed E-state index contributed by atoms with van der Waals surface area (Å²) in [6, 6.07) is 10.7. The third kappa shape index (κ3) is 3.23. The van der Waals surface area contributed by atoms with Crippen molar-refractivity contribution in [2.75, 3.05) is 13.1 Å². The van der Waals surface area contributed by atoms with Gasteiger partial charge in [-0.15, -0.1) is 0 Å². The first-order valence-corrected chi connectivity index (χ1v) is 10.7. The Labute approximate surface area is 176 Å². The van der Waals surface area contributed by atoms with Gasteiger partial charge in [-0.05, 0) is 30.4 Å². The van der Waals surface area contributed by atoms with Crippen LogP contribution in [0.15, 0.2) is 42.7 Å². The number of fused-ring (bicyclic) bond motifs is 3. The molecule has 1 aromatic carbocycles. The number of aromatic nitrogens is 3. The fourth-order valence-corrected chi connectivity index (χ4v) is 4.99. The van der Waals surface area contributed by atoms with Crippen LogP contribution in [0, 0.1) is 0 Å². The van der Waals surface area contributed by atoms with E-state index in [1.54, 1.807) is 11.1 Å². The van der Waals surface area contributed by atoms with Crippen molar-refractivity contribution in [2.24, 2.45) is 0 Å². The van der Waals surface area contributed by atoms with Gasteiger partial charge in [0.2, 0.25) is 5.78 Å². The number of nitrogens with zero attached hydrogens (tertiary/aromatic N) is 5. The summed E-state index contributed by atoms with van der Waals surface area (Å²) in [7, 11) is 0. The largest absolute Gasteiger partial charge is 0.465 e. The van der Waals surface area contributed by atoms with E-state index in [-0.39, 0.29) is 12.1 Å². The van der Waals surface area contributed by atoms with Crippen LogP contribution in [0.4, 0.5) is 4.79 Å². The van der Waals surface area contributed by atoms with E-state index in [1.165, 1.54) is 5.56 Å². The zero-order valence-corrected chi connectivity index (χ0v) is 17.4. The Morgan fingerprint density at radius 3 is 2.50 bits per heavy atom. The number of carboxylic acid groups (broad SMARTS) is 1. The molecule has 2 bridgehead atoms. The van der Waals surface area contributed by atoms with Gasteiger partial charge in [-0.2, -0.15) is 0 Å². The van der Waals surface area contributed by atoms with Crippen molar-refractivity contribution in [3.8, 4) is 11.3 Å². The van der Waals surface area contributed by atoms with Crippen molar-refractivity contribution in [1.29, 1.82) is 0 Å². The van der Waals surface area contributed by atoms with Crippen molar-refractivity contribution < 1.29 is 9.90 Å². The lowest BCUT2D eigenvalue weighted by atomic mass is 10.0. The van der Waals surface area contributed by atoms with Crippen molar-refractivity contribution in [1.82, 2.24) is 24.2 Å². The molecule has 0 aliphatic carbocycles. The number of benzene rings is 1. The van der Waals surface area contributed by atoms with Gasteiger partial charge in [-0.3, -0.25) is 14.2 Å². The van der Waals surface area contributed by atoms with Crippen LogP contribution in [-0.2, 0) is 6.54 Å². The molecule has 2 saturated heterocycles. The molecule has 2 aliphatic rings. The summed E-state index contributed by atoms with van der Waals surface area (Å²) in [6.07, 6.45) is 4.90. The van der Waals surface area contributed by atoms with Gasteiger partial charge in [0.1, 0.15) is 0 Å². The van der Waals surface area contributed by atoms with Crippen molar-refractivity contribution >= 4 is 11.9 Å². The smallest absolute Gasteiger partial charge is 0.407 e. The number of likely N-dealkylation sites (tertiary alicyclic amines) is 1. The summed E-state index contributed by atoms with van der Waals surface area (Å²) in [5.74, 6) is 1.19. The van der Waals surface area contributed by atoms with E-state index < -0.39 is 6.09 Å². The molecule has 0 radical (unpaired) electrons. The second-order valence-corrected chi connectivity index (χ2v) is 8.74. The van der Waals surface area contributed by atoms with Crippen molar-refractivity contribution in [2.45, 2.75) is 51.2 Å². The summed E-state index contributed by atoms with van der Waals surface area (Å²) in [5, 5.41) is 9.54. The second kappa shape index (κ2) is 7.40. The zero-order chi connectivity index (χ0) is 20.8. The van der Waals surface area contributed by atoms with Crippen LogP contribution >= 0.6 is 0 Å². The lowest BCUT2D eigenvalue weighted by Crippen LogP contribution is -2.55. The first kappa shape index (κ1) is 19.1. The van der Waals surface area contributed by atoms with Crippen LogP contribution < -0.4 is 0 Å². The minimum absolute atomic E-state index is 0.0901. The van der Waals surface area contributed by atoms with E-state index in [9.17, 15) is 9.90 Å². The highest BCUT2D eigenvalue weighted by Gasteiger charge is 2.42. The molecule has 3 aromatic rings. The molecular weight excluding hydrogens is 378 g/mol. The van der Waals surface area contributed by atoms with Crippen LogP contribution in [0.25, 0.3) is 17.0 Å². The van der Waals surface area contributed by atoms with Gasteiger partial charge in [0.25, 0.3) is 0 Å². The third-order valence-corrected chi connectivity index (χ3v) is 6.51. The molecule has 0 saturated carbocycles. The third-order valence-electron chi connectivity index (χ3n) is 6.51. The summed E-state index contributed by atoms with van der Waals surface area (Å²) in [5.41, 5.74) is 4.46. The highest BCUT2D eigenvalue weighted by Crippen LogP contribution is 2.32. The van der Waals surface area contributed by atoms with Gasteiger partial charge in [0.15, 0.2) is 0 Å². The molecule has 156 valence electrons. The van der Waals surface area contributed by atoms with Crippen LogP contribution in [0.1, 0.15) is 43.9 Å². The van der Waals surface area contributed by atoms with Gasteiger partial charge in [-0.25, -0.2) is 14.8 Å². The highest BCUT2D eigenvalue weighted by atomic mass is 16.4. The van der Waals surface area contributed by atoms with E-state index in [0.29, 0.717) is 11.7 Å². The highest BCUT2D eigenvalue weighted by molar-refractivity contribution is 5.67. The molecule has 0 spiro atoms. The van der Waals surface area contributed by atoms with Gasteiger partial charge in [-0.1, -0.05) is 38.1 Å². The minimum Gasteiger partial charge on any atom is -0.465 e. The van der Waals surface area contributed by atoms with E-state index in [1.807, 2.05) is 12.3 Å². The number of hydrogen-bond acceptors (Lipinski definition) is 4. The molecule has 7 nitrogen and oxygen atoms in total. The Kier molecular flexibility index (Phi) is 4.70. The first-order valence-electron chi connectivity index (χ1n) is 10.7. The van der Waals surface area contributed by atoms with Crippen molar-refractivity contribution in [3.05, 3.63) is 54.0 Å². The molecular formula is C23H27N5O2. The molecule has 7 heteroatoms. The lowest BCUT2D eigenvalue weighted by molar-refractivity contribution is 0.0586. The molecule has 2 fully saturated rings. The maximum absolute atomic E-state index is 11.6. The minimum atomic E-state index is -0.785. The molecule has 30 heavy (non-hydrogen) atoms. The summed E-state index contributed by atoms with van der Waals surface area (Å²) < 4.78 is 2.07. The van der Waals surface area contributed by atoms with Gasteiger partial charge >= 0.3 is 6.09 Å². The summed E-state index contributed by atoms with van der Waals surface area (Å²) in [4.78, 5) is 24.9. The van der Waals surface area contributed by atoms with Crippen LogP contribution in [0.2, 0.25) is 0 Å². The molecule has 2 aliphatic heterocycles. The second-order valence-electron chi connectivity index (χ2n) is 8.74. The molecule has 4 heterocycles. The number of carbonyl (C=O) groups is 1. The fraction of sp³-hybridized carbons (Fsp3) is 0.435. The van der Waals surface area contributed by atoms with E-state index >= 15 is 0 Å². The summed E-state index contributed by atoms with van der Waals surface area (Å²) >= 11 is 0. The maximum atomic E-state index is 11.6. The molecule has 2 aromatic heterocycles. The average molecular weight is 406 g/mol.